The Morgan fingerprint density at radius 3 is 1.33 bits per heavy atom. The van der Waals surface area contributed by atoms with E-state index < -0.39 is 0 Å². The molecule has 0 aromatic heterocycles. The molecule has 0 spiro atoms. The van der Waals surface area contributed by atoms with Gasteiger partial charge < -0.3 is 29.2 Å². The van der Waals surface area contributed by atoms with Gasteiger partial charge >= 0.3 is 0 Å². The van der Waals surface area contributed by atoms with Gasteiger partial charge in [-0.15, -0.1) is 0 Å². The van der Waals surface area contributed by atoms with Crippen molar-refractivity contribution in [3.05, 3.63) is 60.7 Å². The maximum atomic E-state index is 9.44. The molecule has 2 atom stereocenters. The number of carbonyl (C=O) groups is 1. The van der Waals surface area contributed by atoms with E-state index in [0.29, 0.717) is 23.7 Å². The minimum atomic E-state index is 0.167. The lowest BCUT2D eigenvalue weighted by molar-refractivity contribution is -0.114. The summed E-state index contributed by atoms with van der Waals surface area (Å²) in [6, 6.07) is 17.4. The monoisotopic (exact) mass is 376 g/mol. The van der Waals surface area contributed by atoms with Crippen LogP contribution in [0.25, 0.3) is 0 Å². The smallest absolute Gasteiger partial charge is 0.126 e. The van der Waals surface area contributed by atoms with Crippen LogP contribution >= 0.6 is 0 Å². The van der Waals surface area contributed by atoms with Crippen LogP contribution in [0.3, 0.4) is 0 Å². The van der Waals surface area contributed by atoms with Crippen molar-refractivity contribution in [3.63, 3.8) is 0 Å². The molecule has 0 saturated carbocycles. The van der Waals surface area contributed by atoms with Gasteiger partial charge in [-0.05, 0) is 38.1 Å². The SMILES string of the molecule is C(OCC1CO1)C1CO1.CC(C)=O.Oc1ccccc1.Oc1ccccc1. The highest BCUT2D eigenvalue weighted by molar-refractivity contribution is 5.72. The summed E-state index contributed by atoms with van der Waals surface area (Å²) in [6.45, 7) is 6.32. The van der Waals surface area contributed by atoms with Crippen molar-refractivity contribution in [1.82, 2.24) is 0 Å². The highest BCUT2D eigenvalue weighted by Gasteiger charge is 2.26. The van der Waals surface area contributed by atoms with Gasteiger partial charge in [-0.1, -0.05) is 36.4 Å². The first-order chi connectivity index (χ1) is 13.0. The van der Waals surface area contributed by atoms with Gasteiger partial charge in [-0.2, -0.15) is 0 Å². The maximum absolute atomic E-state index is 9.44. The first-order valence-electron chi connectivity index (χ1n) is 8.73. The van der Waals surface area contributed by atoms with E-state index in [-0.39, 0.29) is 5.78 Å². The number of ketones is 1. The highest BCUT2D eigenvalue weighted by Crippen LogP contribution is 2.12. The predicted molar refractivity (Wildman–Crippen MR) is 103 cm³/mol. The van der Waals surface area contributed by atoms with Crippen LogP contribution in [0.1, 0.15) is 13.8 Å². The van der Waals surface area contributed by atoms with Gasteiger partial charge in [0.2, 0.25) is 0 Å². The van der Waals surface area contributed by atoms with E-state index in [0.717, 1.165) is 26.4 Å². The lowest BCUT2D eigenvalue weighted by Crippen LogP contribution is -2.06. The molecular weight excluding hydrogens is 348 g/mol. The third kappa shape index (κ3) is 16.8. The third-order valence-electron chi connectivity index (χ3n) is 2.92. The average molecular weight is 376 g/mol. The third-order valence-corrected chi connectivity index (χ3v) is 2.92. The Balaban J connectivity index is 0.000000187. The van der Waals surface area contributed by atoms with Crippen molar-refractivity contribution >= 4 is 5.78 Å². The van der Waals surface area contributed by atoms with Gasteiger partial charge in [-0.25, -0.2) is 0 Å². The zero-order valence-electron chi connectivity index (χ0n) is 15.8. The molecule has 6 nitrogen and oxygen atoms in total. The molecule has 2 fully saturated rings. The molecule has 27 heavy (non-hydrogen) atoms. The van der Waals surface area contributed by atoms with Crippen LogP contribution in [0, 0.1) is 0 Å². The van der Waals surface area contributed by atoms with E-state index in [1.165, 1.54) is 13.8 Å². The van der Waals surface area contributed by atoms with Crippen LogP contribution in [0.2, 0.25) is 0 Å². The summed E-state index contributed by atoms with van der Waals surface area (Å²) in [4.78, 5) is 9.44. The minimum Gasteiger partial charge on any atom is -0.508 e. The van der Waals surface area contributed by atoms with Gasteiger partial charge in [0.15, 0.2) is 0 Å². The first kappa shape index (κ1) is 22.6. The molecular formula is C21H28O6. The van der Waals surface area contributed by atoms with Gasteiger partial charge in [-0.3, -0.25) is 0 Å². The van der Waals surface area contributed by atoms with E-state index in [9.17, 15) is 4.79 Å². The fraction of sp³-hybridized carbons (Fsp3) is 0.381. The molecule has 6 heteroatoms. The molecule has 2 saturated heterocycles. The number of aromatic hydroxyl groups is 2. The zero-order chi connectivity index (χ0) is 19.9. The number of ether oxygens (including phenoxy) is 3. The number of carbonyl (C=O) groups excluding carboxylic acids is 1. The Morgan fingerprint density at radius 2 is 1.15 bits per heavy atom. The van der Waals surface area contributed by atoms with E-state index in [4.69, 9.17) is 24.4 Å². The second-order valence-electron chi connectivity index (χ2n) is 6.03. The van der Waals surface area contributed by atoms with E-state index in [1.807, 2.05) is 12.1 Å². The fourth-order valence-electron chi connectivity index (χ4n) is 1.52. The molecule has 4 rings (SSSR count). The molecule has 2 aliphatic rings. The number of phenols is 2. The van der Waals surface area contributed by atoms with Crippen molar-refractivity contribution in [3.8, 4) is 11.5 Å². The summed E-state index contributed by atoms with van der Waals surface area (Å²) in [7, 11) is 0. The van der Waals surface area contributed by atoms with Gasteiger partial charge in [0.25, 0.3) is 0 Å². The number of phenolic OH excluding ortho intramolecular Hbond substituents is 2. The van der Waals surface area contributed by atoms with Crippen molar-refractivity contribution in [1.29, 1.82) is 0 Å². The fourth-order valence-corrected chi connectivity index (χ4v) is 1.52. The van der Waals surface area contributed by atoms with Crippen LogP contribution in [-0.4, -0.2) is 54.6 Å². The predicted octanol–water partition coefficient (Wildman–Crippen LogP) is 3.18. The average Bonchev–Trinajstić information content (AvgIpc) is 3.53. The van der Waals surface area contributed by atoms with Crippen molar-refractivity contribution in [2.24, 2.45) is 0 Å². The molecule has 0 amide bonds. The molecule has 0 bridgehead atoms. The Hall–Kier alpha value is -2.41. The molecule has 2 heterocycles. The first-order valence-corrected chi connectivity index (χ1v) is 8.73. The minimum absolute atomic E-state index is 0.167. The van der Waals surface area contributed by atoms with E-state index in [1.54, 1.807) is 48.5 Å². The van der Waals surface area contributed by atoms with E-state index in [2.05, 4.69) is 0 Å². The van der Waals surface area contributed by atoms with Gasteiger partial charge in [0.05, 0.1) is 26.4 Å². The lowest BCUT2D eigenvalue weighted by Gasteiger charge is -1.95. The summed E-state index contributed by atoms with van der Waals surface area (Å²) < 4.78 is 15.1. The molecule has 148 valence electrons. The standard InChI is InChI=1S/C6H10O3.2C6H6O.C3H6O/c1(5-3-8-5)7-2-6-4-9-6;2*7-6-4-2-1-3-5-6;1-3(2)4/h5-6H,1-4H2;2*1-5,7H;1-2H3. The number of hydrogen-bond acceptors (Lipinski definition) is 6. The molecule has 2 N–H and O–H groups in total. The Labute approximate surface area is 160 Å². The number of Topliss-reactive ketones (excluding diaryl/α,β-unsaturated/α-hetero) is 1. The normalized spacial score (nSPS) is 18.3. The lowest BCUT2D eigenvalue weighted by atomic mass is 10.3. The number of rotatable bonds is 4. The van der Waals surface area contributed by atoms with Crippen molar-refractivity contribution in [2.75, 3.05) is 26.4 Å². The largest absolute Gasteiger partial charge is 0.508 e. The van der Waals surface area contributed by atoms with Crippen LogP contribution in [-0.2, 0) is 19.0 Å². The summed E-state index contributed by atoms with van der Waals surface area (Å²) in [5.74, 6) is 0.810. The van der Waals surface area contributed by atoms with E-state index >= 15 is 0 Å². The van der Waals surface area contributed by atoms with Crippen molar-refractivity contribution < 1.29 is 29.2 Å². The number of benzene rings is 2. The van der Waals surface area contributed by atoms with Crippen LogP contribution in [0.4, 0.5) is 0 Å². The summed E-state index contributed by atoms with van der Waals surface area (Å²) in [5, 5.41) is 17.3. The molecule has 2 unspecified atom stereocenters. The summed E-state index contributed by atoms with van der Waals surface area (Å²) >= 11 is 0. The Morgan fingerprint density at radius 1 is 0.852 bits per heavy atom. The van der Waals surface area contributed by atoms with Gasteiger partial charge in [0, 0.05) is 0 Å². The quantitative estimate of drug-likeness (QED) is 0.797. The zero-order valence-corrected chi connectivity index (χ0v) is 15.8. The molecule has 2 aromatic carbocycles. The number of para-hydroxylation sites is 2. The summed E-state index contributed by atoms with van der Waals surface area (Å²) in [5.41, 5.74) is 0. The van der Waals surface area contributed by atoms with Gasteiger partial charge in [0.1, 0.15) is 29.5 Å². The maximum Gasteiger partial charge on any atom is 0.126 e. The van der Waals surface area contributed by atoms with Crippen molar-refractivity contribution in [2.45, 2.75) is 26.1 Å². The van der Waals surface area contributed by atoms with Crippen LogP contribution in [0.15, 0.2) is 60.7 Å². The van der Waals surface area contributed by atoms with Crippen LogP contribution < -0.4 is 0 Å². The molecule has 0 aliphatic carbocycles. The topological polar surface area (TPSA) is 91.8 Å². The number of hydrogen-bond donors (Lipinski definition) is 2. The van der Waals surface area contributed by atoms with Crippen LogP contribution in [0.5, 0.6) is 11.5 Å². The highest BCUT2D eigenvalue weighted by atomic mass is 16.6. The second kappa shape index (κ2) is 13.7. The molecule has 2 aliphatic heterocycles. The summed E-state index contributed by atoms with van der Waals surface area (Å²) in [6.07, 6.45) is 0.785. The Kier molecular flexibility index (Phi) is 11.5. The second-order valence-corrected chi connectivity index (χ2v) is 6.03. The number of epoxide rings is 2. The molecule has 0 radical (unpaired) electrons. The Bertz CT molecular complexity index is 556. The molecule has 2 aromatic rings.